The van der Waals surface area contributed by atoms with Gasteiger partial charge < -0.3 is 19.7 Å². The summed E-state index contributed by atoms with van der Waals surface area (Å²) in [4.78, 5) is 14.6. The fourth-order valence-electron chi connectivity index (χ4n) is 3.69. The molecule has 2 N–H and O–H groups in total. The van der Waals surface area contributed by atoms with Crippen molar-refractivity contribution in [2.75, 3.05) is 13.1 Å². The average molecular weight is 342 g/mol. The van der Waals surface area contributed by atoms with Gasteiger partial charge in [-0.05, 0) is 44.9 Å². The lowest BCUT2D eigenvalue weighted by Crippen LogP contribution is -2.56. The standard InChI is InChI=1S/C20H26N2O3/c1-4-20(25)10-11-21(13-18(20)23)19(24)17-12-14(2)22(15(17)3)16-8-6-5-7-9-16/h5-9,12,18,23,25H,4,10-11,13H2,1-3H3/t18-,20-/m1/s1. The third kappa shape index (κ3) is 3.10. The van der Waals surface area contributed by atoms with Crippen LogP contribution in [0.5, 0.6) is 0 Å². The second kappa shape index (κ2) is 6.65. The number of carbonyl (C=O) groups excluding carboxylic acids is 1. The van der Waals surface area contributed by atoms with E-state index in [1.54, 1.807) is 4.90 Å². The van der Waals surface area contributed by atoms with E-state index in [0.29, 0.717) is 24.9 Å². The van der Waals surface area contributed by atoms with Crippen molar-refractivity contribution in [3.8, 4) is 5.69 Å². The van der Waals surface area contributed by atoms with Crippen molar-refractivity contribution >= 4 is 5.91 Å². The van der Waals surface area contributed by atoms with Gasteiger partial charge in [-0.2, -0.15) is 0 Å². The molecule has 0 bridgehead atoms. The van der Waals surface area contributed by atoms with Crippen molar-refractivity contribution in [1.82, 2.24) is 9.47 Å². The molecule has 5 nitrogen and oxygen atoms in total. The smallest absolute Gasteiger partial charge is 0.255 e. The summed E-state index contributed by atoms with van der Waals surface area (Å²) >= 11 is 0. The molecular weight excluding hydrogens is 316 g/mol. The number of nitrogens with zero attached hydrogens (tertiary/aromatic N) is 2. The van der Waals surface area contributed by atoms with Gasteiger partial charge in [0.05, 0.1) is 11.2 Å². The predicted octanol–water partition coefficient (Wildman–Crippen LogP) is 2.44. The van der Waals surface area contributed by atoms with Crippen LogP contribution in [0.25, 0.3) is 5.69 Å². The van der Waals surface area contributed by atoms with Crippen LogP contribution in [-0.4, -0.2) is 50.4 Å². The number of rotatable bonds is 3. The Bertz CT molecular complexity index is 769. The summed E-state index contributed by atoms with van der Waals surface area (Å²) in [5.41, 5.74) is 2.47. The van der Waals surface area contributed by atoms with Gasteiger partial charge >= 0.3 is 0 Å². The lowest BCUT2D eigenvalue weighted by molar-refractivity contribution is -0.114. The van der Waals surface area contributed by atoms with Crippen molar-refractivity contribution in [3.63, 3.8) is 0 Å². The number of hydrogen-bond acceptors (Lipinski definition) is 3. The van der Waals surface area contributed by atoms with Gasteiger partial charge in [-0.15, -0.1) is 0 Å². The molecule has 5 heteroatoms. The van der Waals surface area contributed by atoms with Crippen LogP contribution in [0.4, 0.5) is 0 Å². The first-order valence-electron chi connectivity index (χ1n) is 8.81. The molecule has 0 saturated carbocycles. The molecule has 0 radical (unpaired) electrons. The van der Waals surface area contributed by atoms with Gasteiger partial charge in [0.2, 0.25) is 0 Å². The van der Waals surface area contributed by atoms with E-state index in [1.165, 1.54) is 0 Å². The SMILES string of the molecule is CC[C@@]1(O)CCN(C(=O)c2cc(C)n(-c3ccccc3)c2C)C[C@H]1O. The molecule has 2 aromatic rings. The Labute approximate surface area is 148 Å². The number of aliphatic hydroxyl groups is 2. The minimum absolute atomic E-state index is 0.0903. The van der Waals surface area contributed by atoms with E-state index in [-0.39, 0.29) is 12.5 Å². The van der Waals surface area contributed by atoms with Crippen LogP contribution in [0.2, 0.25) is 0 Å². The zero-order valence-electron chi connectivity index (χ0n) is 15.1. The van der Waals surface area contributed by atoms with Gasteiger partial charge in [0.15, 0.2) is 0 Å². The molecule has 1 aliphatic rings. The van der Waals surface area contributed by atoms with Gasteiger partial charge in [-0.25, -0.2) is 0 Å². The number of amides is 1. The summed E-state index contributed by atoms with van der Waals surface area (Å²) in [6, 6.07) is 11.8. The highest BCUT2D eigenvalue weighted by atomic mass is 16.3. The summed E-state index contributed by atoms with van der Waals surface area (Å²) in [6.45, 7) is 6.40. The van der Waals surface area contributed by atoms with E-state index in [2.05, 4.69) is 4.57 Å². The van der Waals surface area contributed by atoms with Gasteiger partial charge in [-0.3, -0.25) is 4.79 Å². The third-order valence-electron chi connectivity index (χ3n) is 5.40. The quantitative estimate of drug-likeness (QED) is 0.900. The van der Waals surface area contributed by atoms with E-state index in [4.69, 9.17) is 0 Å². The molecule has 3 rings (SSSR count). The van der Waals surface area contributed by atoms with Gasteiger partial charge in [-0.1, -0.05) is 25.1 Å². The maximum absolute atomic E-state index is 13.0. The zero-order chi connectivity index (χ0) is 18.2. The van der Waals surface area contributed by atoms with E-state index >= 15 is 0 Å². The molecule has 1 aliphatic heterocycles. The number of aryl methyl sites for hydroxylation is 1. The van der Waals surface area contributed by atoms with Crippen LogP contribution in [0.3, 0.4) is 0 Å². The first kappa shape index (κ1) is 17.7. The molecule has 2 heterocycles. The van der Waals surface area contributed by atoms with Crippen LogP contribution >= 0.6 is 0 Å². The fourth-order valence-corrected chi connectivity index (χ4v) is 3.69. The Morgan fingerprint density at radius 1 is 1.28 bits per heavy atom. The Morgan fingerprint density at radius 3 is 2.56 bits per heavy atom. The second-order valence-electron chi connectivity index (χ2n) is 6.93. The van der Waals surface area contributed by atoms with Gasteiger partial charge in [0.1, 0.15) is 6.10 Å². The van der Waals surface area contributed by atoms with E-state index < -0.39 is 11.7 Å². The van der Waals surface area contributed by atoms with E-state index in [0.717, 1.165) is 17.1 Å². The molecule has 0 unspecified atom stereocenters. The largest absolute Gasteiger partial charge is 0.388 e. The first-order valence-corrected chi connectivity index (χ1v) is 8.81. The molecule has 1 aromatic carbocycles. The highest BCUT2D eigenvalue weighted by Gasteiger charge is 2.40. The zero-order valence-corrected chi connectivity index (χ0v) is 15.1. The van der Waals surface area contributed by atoms with Crippen molar-refractivity contribution in [2.45, 2.75) is 45.3 Å². The summed E-state index contributed by atoms with van der Waals surface area (Å²) in [6.07, 6.45) is -0.0279. The maximum Gasteiger partial charge on any atom is 0.255 e. The molecule has 0 aliphatic carbocycles. The minimum Gasteiger partial charge on any atom is -0.388 e. The van der Waals surface area contributed by atoms with Crippen LogP contribution in [0.15, 0.2) is 36.4 Å². The van der Waals surface area contributed by atoms with Gasteiger partial charge in [0, 0.05) is 30.2 Å². The third-order valence-corrected chi connectivity index (χ3v) is 5.40. The predicted molar refractivity (Wildman–Crippen MR) is 97.0 cm³/mol. The van der Waals surface area contributed by atoms with E-state index in [1.807, 2.05) is 57.2 Å². The molecule has 1 aromatic heterocycles. The van der Waals surface area contributed by atoms with Crippen LogP contribution < -0.4 is 0 Å². The lowest BCUT2D eigenvalue weighted by Gasteiger charge is -2.41. The van der Waals surface area contributed by atoms with Crippen LogP contribution in [-0.2, 0) is 0 Å². The maximum atomic E-state index is 13.0. The van der Waals surface area contributed by atoms with Crippen molar-refractivity contribution in [1.29, 1.82) is 0 Å². The molecule has 1 saturated heterocycles. The molecular formula is C20H26N2O3. The summed E-state index contributed by atoms with van der Waals surface area (Å²) in [5.74, 6) is -0.0903. The number of aromatic nitrogens is 1. The number of carbonyl (C=O) groups is 1. The summed E-state index contributed by atoms with van der Waals surface area (Å²) < 4.78 is 2.07. The number of likely N-dealkylation sites (tertiary alicyclic amines) is 1. The number of benzene rings is 1. The van der Waals surface area contributed by atoms with Crippen molar-refractivity contribution < 1.29 is 15.0 Å². The first-order chi connectivity index (χ1) is 11.9. The Balaban J connectivity index is 1.87. The highest BCUT2D eigenvalue weighted by molar-refractivity contribution is 5.96. The lowest BCUT2D eigenvalue weighted by atomic mass is 9.86. The van der Waals surface area contributed by atoms with Crippen LogP contribution in [0, 0.1) is 13.8 Å². The molecule has 2 atom stereocenters. The number of hydrogen-bond donors (Lipinski definition) is 2. The molecule has 25 heavy (non-hydrogen) atoms. The Hall–Kier alpha value is -2.11. The monoisotopic (exact) mass is 342 g/mol. The Morgan fingerprint density at radius 2 is 1.96 bits per heavy atom. The van der Waals surface area contributed by atoms with Crippen molar-refractivity contribution in [3.05, 3.63) is 53.3 Å². The molecule has 134 valence electrons. The summed E-state index contributed by atoms with van der Waals surface area (Å²) in [5, 5.41) is 20.6. The fraction of sp³-hybridized carbons (Fsp3) is 0.450. The van der Waals surface area contributed by atoms with Crippen molar-refractivity contribution in [2.24, 2.45) is 0 Å². The van der Waals surface area contributed by atoms with E-state index in [9.17, 15) is 15.0 Å². The topological polar surface area (TPSA) is 65.7 Å². The highest BCUT2D eigenvalue weighted by Crippen LogP contribution is 2.28. The molecule has 0 spiro atoms. The number of aliphatic hydroxyl groups excluding tert-OH is 1. The number of para-hydroxylation sites is 1. The number of β-amino-alcohol motifs (C(OH)–C–C–N with tert-alkyl or cyclic N) is 1. The minimum atomic E-state index is -1.09. The molecule has 1 amide bonds. The molecule has 1 fully saturated rings. The Kier molecular flexibility index (Phi) is 4.71. The second-order valence-corrected chi connectivity index (χ2v) is 6.93. The normalized spacial score (nSPS) is 23.7. The average Bonchev–Trinajstić information content (AvgIpc) is 2.92. The summed E-state index contributed by atoms with van der Waals surface area (Å²) in [7, 11) is 0. The number of piperidine rings is 1. The van der Waals surface area contributed by atoms with Crippen LogP contribution in [0.1, 0.15) is 41.5 Å². The van der Waals surface area contributed by atoms with Gasteiger partial charge in [0.25, 0.3) is 5.91 Å².